The van der Waals surface area contributed by atoms with Crippen LogP contribution >= 0.6 is 0 Å². The molecule has 7 heteroatoms. The second kappa shape index (κ2) is 9.74. The molecule has 2 atom stereocenters. The lowest BCUT2D eigenvalue weighted by atomic mass is 9.94. The van der Waals surface area contributed by atoms with Gasteiger partial charge in [-0.2, -0.15) is 4.31 Å². The molecule has 1 amide bonds. The molecule has 2 rings (SSSR count). The van der Waals surface area contributed by atoms with Gasteiger partial charge < -0.3 is 9.64 Å². The van der Waals surface area contributed by atoms with E-state index in [-0.39, 0.29) is 16.6 Å². The van der Waals surface area contributed by atoms with Crippen LogP contribution in [0.2, 0.25) is 0 Å². The predicted octanol–water partition coefficient (Wildman–Crippen LogP) is 3.62. The molecule has 1 aliphatic heterocycles. The highest BCUT2D eigenvalue weighted by Crippen LogP contribution is 2.32. The van der Waals surface area contributed by atoms with Crippen molar-refractivity contribution >= 4 is 15.9 Å². The highest BCUT2D eigenvalue weighted by atomic mass is 32.2. The van der Waals surface area contributed by atoms with Crippen LogP contribution in [0.15, 0.2) is 23.1 Å². The summed E-state index contributed by atoms with van der Waals surface area (Å²) >= 11 is 0. The zero-order chi connectivity index (χ0) is 20.9. The first-order valence-corrected chi connectivity index (χ1v) is 11.7. The van der Waals surface area contributed by atoms with Crippen molar-refractivity contribution in [1.82, 2.24) is 9.21 Å². The number of hydrogen-bond acceptors (Lipinski definition) is 4. The molecule has 6 nitrogen and oxygen atoms in total. The SMILES string of the molecule is CCCN(CCC)C(=O)c1ccc(OC)c(S(=O)(=O)N2CC(C)CC(C)C2)c1. The molecule has 0 N–H and O–H groups in total. The van der Waals surface area contributed by atoms with Gasteiger partial charge in [0, 0.05) is 31.7 Å². The third-order valence-electron chi connectivity index (χ3n) is 5.14. The molecule has 0 spiro atoms. The van der Waals surface area contributed by atoms with Crippen LogP contribution in [0.3, 0.4) is 0 Å². The van der Waals surface area contributed by atoms with Gasteiger partial charge in [0.2, 0.25) is 10.0 Å². The summed E-state index contributed by atoms with van der Waals surface area (Å²) in [5, 5.41) is 0. The van der Waals surface area contributed by atoms with Gasteiger partial charge in [-0.1, -0.05) is 27.7 Å². The Bertz CT molecular complexity index is 763. The Balaban J connectivity index is 2.43. The van der Waals surface area contributed by atoms with Crippen molar-refractivity contribution in [3.8, 4) is 5.75 Å². The fraction of sp³-hybridized carbons (Fsp3) is 0.667. The van der Waals surface area contributed by atoms with E-state index < -0.39 is 10.0 Å². The molecular weight excluding hydrogens is 376 g/mol. The Kier molecular flexibility index (Phi) is 7.89. The quantitative estimate of drug-likeness (QED) is 0.656. The molecule has 0 saturated carbocycles. The maximum absolute atomic E-state index is 13.4. The molecule has 1 aromatic rings. The number of piperidine rings is 1. The van der Waals surface area contributed by atoms with Crippen molar-refractivity contribution in [1.29, 1.82) is 0 Å². The van der Waals surface area contributed by atoms with Crippen molar-refractivity contribution in [2.75, 3.05) is 33.3 Å². The molecule has 158 valence electrons. The van der Waals surface area contributed by atoms with Gasteiger partial charge in [-0.25, -0.2) is 8.42 Å². The van der Waals surface area contributed by atoms with Crippen molar-refractivity contribution < 1.29 is 17.9 Å². The van der Waals surface area contributed by atoms with Crippen LogP contribution in [0.25, 0.3) is 0 Å². The highest BCUT2D eigenvalue weighted by molar-refractivity contribution is 7.89. The van der Waals surface area contributed by atoms with E-state index in [1.807, 2.05) is 13.8 Å². The minimum atomic E-state index is -3.74. The van der Waals surface area contributed by atoms with Crippen LogP contribution in [0.1, 0.15) is 57.3 Å². The largest absolute Gasteiger partial charge is 0.495 e. The Labute approximate surface area is 169 Å². The first-order valence-electron chi connectivity index (χ1n) is 10.2. The van der Waals surface area contributed by atoms with E-state index in [1.165, 1.54) is 17.5 Å². The summed E-state index contributed by atoms with van der Waals surface area (Å²) in [5.41, 5.74) is 0.388. The van der Waals surface area contributed by atoms with Gasteiger partial charge >= 0.3 is 0 Å². The molecule has 1 aromatic carbocycles. The Hall–Kier alpha value is -1.60. The second-order valence-electron chi connectivity index (χ2n) is 7.93. The predicted molar refractivity (Wildman–Crippen MR) is 111 cm³/mol. The zero-order valence-electron chi connectivity index (χ0n) is 17.8. The number of amides is 1. The second-order valence-corrected chi connectivity index (χ2v) is 9.83. The smallest absolute Gasteiger partial charge is 0.253 e. The molecule has 2 unspecified atom stereocenters. The van der Waals surface area contributed by atoms with Crippen molar-refractivity contribution in [3.05, 3.63) is 23.8 Å². The molecule has 28 heavy (non-hydrogen) atoms. The van der Waals surface area contributed by atoms with Gasteiger partial charge in [-0.15, -0.1) is 0 Å². The minimum Gasteiger partial charge on any atom is -0.495 e. The normalized spacial score (nSPS) is 20.8. The Morgan fingerprint density at radius 1 is 1.14 bits per heavy atom. The number of hydrogen-bond donors (Lipinski definition) is 0. The molecule has 0 radical (unpaired) electrons. The average Bonchev–Trinajstić information content (AvgIpc) is 2.66. The summed E-state index contributed by atoms with van der Waals surface area (Å²) in [4.78, 5) is 14.8. The van der Waals surface area contributed by atoms with E-state index in [9.17, 15) is 13.2 Å². The van der Waals surface area contributed by atoms with Gasteiger partial charge in [0.05, 0.1) is 7.11 Å². The molecule has 1 aliphatic rings. The van der Waals surface area contributed by atoms with Crippen LogP contribution in [0, 0.1) is 11.8 Å². The van der Waals surface area contributed by atoms with Gasteiger partial charge in [-0.05, 0) is 49.3 Å². The molecule has 1 heterocycles. The summed E-state index contributed by atoms with van der Waals surface area (Å²) in [6.07, 6.45) is 2.73. The summed E-state index contributed by atoms with van der Waals surface area (Å²) in [6.45, 7) is 10.5. The van der Waals surface area contributed by atoms with E-state index in [2.05, 4.69) is 13.8 Å². The van der Waals surface area contributed by atoms with Crippen LogP contribution in [-0.2, 0) is 10.0 Å². The summed E-state index contributed by atoms with van der Waals surface area (Å²) in [6, 6.07) is 4.73. The maximum Gasteiger partial charge on any atom is 0.253 e. The lowest BCUT2D eigenvalue weighted by molar-refractivity contribution is 0.0755. The average molecular weight is 411 g/mol. The molecule has 1 saturated heterocycles. The third kappa shape index (κ3) is 5.06. The zero-order valence-corrected chi connectivity index (χ0v) is 18.6. The van der Waals surface area contributed by atoms with Crippen LogP contribution in [0.4, 0.5) is 0 Å². The van der Waals surface area contributed by atoms with Gasteiger partial charge in [0.25, 0.3) is 5.91 Å². The van der Waals surface area contributed by atoms with Crippen LogP contribution in [-0.4, -0.2) is 56.8 Å². The van der Waals surface area contributed by atoms with Gasteiger partial charge in [0.1, 0.15) is 10.6 Å². The van der Waals surface area contributed by atoms with Crippen LogP contribution < -0.4 is 4.74 Å². The molecule has 0 aliphatic carbocycles. The fourth-order valence-electron chi connectivity index (χ4n) is 3.99. The van der Waals surface area contributed by atoms with Gasteiger partial charge in [0.15, 0.2) is 0 Å². The van der Waals surface area contributed by atoms with E-state index in [0.717, 1.165) is 19.3 Å². The number of methoxy groups -OCH3 is 1. The van der Waals surface area contributed by atoms with Crippen molar-refractivity contribution in [3.63, 3.8) is 0 Å². The summed E-state index contributed by atoms with van der Waals surface area (Å²) < 4.78 is 33.6. The molecular formula is C21H34N2O4S. The number of carbonyl (C=O) groups excluding carboxylic acids is 1. The van der Waals surface area contributed by atoms with E-state index >= 15 is 0 Å². The number of ether oxygens (including phenoxy) is 1. The Morgan fingerprint density at radius 3 is 2.21 bits per heavy atom. The number of nitrogens with zero attached hydrogens (tertiary/aromatic N) is 2. The van der Waals surface area contributed by atoms with Crippen molar-refractivity contribution in [2.45, 2.75) is 51.9 Å². The number of rotatable bonds is 8. The van der Waals surface area contributed by atoms with E-state index in [1.54, 1.807) is 17.0 Å². The number of carbonyl (C=O) groups is 1. The summed E-state index contributed by atoms with van der Waals surface area (Å²) in [5.74, 6) is 0.751. The summed E-state index contributed by atoms with van der Waals surface area (Å²) in [7, 11) is -2.28. The Morgan fingerprint density at radius 2 is 1.71 bits per heavy atom. The monoisotopic (exact) mass is 410 g/mol. The standard InChI is InChI=1S/C21H34N2O4S/c1-6-10-22(11-7-2)21(24)18-8-9-19(27-5)20(13-18)28(25,26)23-14-16(3)12-17(4)15-23/h8-9,13,16-17H,6-7,10-12,14-15H2,1-5H3. The van der Waals surface area contributed by atoms with E-state index in [4.69, 9.17) is 4.74 Å². The first kappa shape index (κ1) is 22.7. The minimum absolute atomic E-state index is 0.0788. The maximum atomic E-state index is 13.4. The lowest BCUT2D eigenvalue weighted by Crippen LogP contribution is -2.42. The van der Waals surface area contributed by atoms with Crippen LogP contribution in [0.5, 0.6) is 5.75 Å². The first-order chi connectivity index (χ1) is 13.2. The highest BCUT2D eigenvalue weighted by Gasteiger charge is 2.34. The van der Waals surface area contributed by atoms with Gasteiger partial charge in [-0.3, -0.25) is 4.79 Å². The van der Waals surface area contributed by atoms with E-state index in [0.29, 0.717) is 43.6 Å². The third-order valence-corrected chi connectivity index (χ3v) is 6.99. The number of sulfonamides is 1. The molecule has 1 fully saturated rings. The number of benzene rings is 1. The molecule has 0 aromatic heterocycles. The fourth-order valence-corrected chi connectivity index (χ4v) is 5.85. The van der Waals surface area contributed by atoms with Crippen molar-refractivity contribution in [2.24, 2.45) is 11.8 Å². The lowest BCUT2D eigenvalue weighted by Gasteiger charge is -2.34. The molecule has 0 bridgehead atoms. The topological polar surface area (TPSA) is 66.9 Å².